The normalized spacial score (nSPS) is 11.9. The van der Waals surface area contributed by atoms with Gasteiger partial charge in [0.25, 0.3) is 0 Å². The molecule has 0 aliphatic rings. The van der Waals surface area contributed by atoms with Crippen molar-refractivity contribution in [3.8, 4) is 0 Å². The molecule has 1 aromatic carbocycles. The first-order chi connectivity index (χ1) is 7.06. The van der Waals surface area contributed by atoms with Gasteiger partial charge in [0.15, 0.2) is 0 Å². The Morgan fingerprint density at radius 3 is 2.60 bits per heavy atom. The summed E-state index contributed by atoms with van der Waals surface area (Å²) in [6, 6.07) is 10.5. The van der Waals surface area contributed by atoms with Gasteiger partial charge in [0.1, 0.15) is 0 Å². The minimum atomic E-state index is 0.324. The predicted molar refractivity (Wildman–Crippen MR) is 64.9 cm³/mol. The molecule has 15 heavy (non-hydrogen) atoms. The molecular formula is C14H17N. The lowest BCUT2D eigenvalue weighted by molar-refractivity contribution is 0.412. The zero-order valence-corrected chi connectivity index (χ0v) is 9.62. The van der Waals surface area contributed by atoms with Gasteiger partial charge < -0.3 is 0 Å². The van der Waals surface area contributed by atoms with Gasteiger partial charge in [-0.2, -0.15) is 0 Å². The summed E-state index contributed by atoms with van der Waals surface area (Å²) in [6.07, 6.45) is 2.94. The van der Waals surface area contributed by atoms with Crippen LogP contribution in [0, 0.1) is 5.41 Å². The van der Waals surface area contributed by atoms with Gasteiger partial charge in [-0.25, -0.2) is 0 Å². The molecule has 0 aliphatic heterocycles. The number of hydrogen-bond donors (Lipinski definition) is 0. The summed E-state index contributed by atoms with van der Waals surface area (Å²) in [5.41, 5.74) is 2.82. The van der Waals surface area contributed by atoms with Crippen molar-refractivity contribution in [3.63, 3.8) is 0 Å². The van der Waals surface area contributed by atoms with Gasteiger partial charge >= 0.3 is 0 Å². The van der Waals surface area contributed by atoms with Crippen LogP contribution in [0.25, 0.3) is 10.9 Å². The highest BCUT2D eigenvalue weighted by Crippen LogP contribution is 2.25. The van der Waals surface area contributed by atoms with Gasteiger partial charge in [0.2, 0.25) is 0 Å². The first-order valence-corrected chi connectivity index (χ1v) is 5.39. The van der Waals surface area contributed by atoms with Crippen LogP contribution in [0.5, 0.6) is 0 Å². The zero-order valence-electron chi connectivity index (χ0n) is 9.62. The third kappa shape index (κ3) is 2.35. The van der Waals surface area contributed by atoms with E-state index in [9.17, 15) is 0 Å². The molecule has 1 heteroatoms. The molecule has 0 saturated carbocycles. The van der Waals surface area contributed by atoms with E-state index in [0.717, 1.165) is 11.9 Å². The highest BCUT2D eigenvalue weighted by atomic mass is 14.6. The lowest BCUT2D eigenvalue weighted by atomic mass is 9.87. The molecule has 0 fully saturated rings. The third-order valence-electron chi connectivity index (χ3n) is 2.46. The highest BCUT2D eigenvalue weighted by molar-refractivity contribution is 5.81. The Bertz CT molecular complexity index is 461. The summed E-state index contributed by atoms with van der Waals surface area (Å²) in [5.74, 6) is 0. The van der Waals surface area contributed by atoms with Crippen molar-refractivity contribution < 1.29 is 0 Å². The van der Waals surface area contributed by atoms with E-state index in [1.54, 1.807) is 0 Å². The van der Waals surface area contributed by atoms with Gasteiger partial charge in [-0.1, -0.05) is 39.0 Å². The molecule has 0 N–H and O–H groups in total. The van der Waals surface area contributed by atoms with Gasteiger partial charge in [0, 0.05) is 11.6 Å². The van der Waals surface area contributed by atoms with Crippen molar-refractivity contribution >= 4 is 10.9 Å². The van der Waals surface area contributed by atoms with Crippen LogP contribution in [-0.2, 0) is 6.42 Å². The summed E-state index contributed by atoms with van der Waals surface area (Å²) in [5, 5.41) is 1.29. The second kappa shape index (κ2) is 3.65. The molecule has 1 nitrogen and oxygen atoms in total. The highest BCUT2D eigenvalue weighted by Gasteiger charge is 2.12. The van der Waals surface area contributed by atoms with E-state index in [2.05, 4.69) is 50.0 Å². The summed E-state index contributed by atoms with van der Waals surface area (Å²) < 4.78 is 0. The zero-order chi connectivity index (χ0) is 10.9. The lowest BCUT2D eigenvalue weighted by Gasteiger charge is -2.19. The minimum absolute atomic E-state index is 0.324. The van der Waals surface area contributed by atoms with Crippen LogP contribution in [0.3, 0.4) is 0 Å². The van der Waals surface area contributed by atoms with Crippen LogP contribution >= 0.6 is 0 Å². The number of pyridine rings is 1. The Morgan fingerprint density at radius 1 is 1.07 bits per heavy atom. The molecule has 0 atom stereocenters. The molecule has 0 saturated heterocycles. The summed E-state index contributed by atoms with van der Waals surface area (Å²) in [7, 11) is 0. The maximum absolute atomic E-state index is 4.37. The Morgan fingerprint density at radius 2 is 1.87 bits per heavy atom. The van der Waals surface area contributed by atoms with Crippen LogP contribution < -0.4 is 0 Å². The maximum atomic E-state index is 4.37. The van der Waals surface area contributed by atoms with E-state index in [1.807, 2.05) is 12.3 Å². The van der Waals surface area contributed by atoms with E-state index < -0.39 is 0 Å². The van der Waals surface area contributed by atoms with E-state index >= 15 is 0 Å². The molecule has 1 heterocycles. The Labute approximate surface area is 91.2 Å². The van der Waals surface area contributed by atoms with E-state index in [4.69, 9.17) is 0 Å². The standard InChI is InChI=1S/C14H17N/c1-14(2,3)10-11-6-4-8-13-12(11)7-5-9-15-13/h4-9H,10H2,1-3H3. The van der Waals surface area contributed by atoms with Crippen LogP contribution in [0.4, 0.5) is 0 Å². The number of fused-ring (bicyclic) bond motifs is 1. The third-order valence-corrected chi connectivity index (χ3v) is 2.46. The Kier molecular flexibility index (Phi) is 2.47. The smallest absolute Gasteiger partial charge is 0.0704 e. The molecule has 1 aromatic heterocycles. The second-order valence-corrected chi connectivity index (χ2v) is 5.22. The largest absolute Gasteiger partial charge is 0.256 e. The Balaban J connectivity index is 2.52. The van der Waals surface area contributed by atoms with Crippen molar-refractivity contribution in [3.05, 3.63) is 42.1 Å². The van der Waals surface area contributed by atoms with Crippen molar-refractivity contribution in [1.82, 2.24) is 4.98 Å². The number of benzene rings is 1. The summed E-state index contributed by atoms with van der Waals surface area (Å²) in [4.78, 5) is 4.37. The average molecular weight is 199 g/mol. The molecule has 0 radical (unpaired) electrons. The fraction of sp³-hybridized carbons (Fsp3) is 0.357. The molecule has 0 spiro atoms. The Hall–Kier alpha value is -1.37. The average Bonchev–Trinajstić information content (AvgIpc) is 2.16. The SMILES string of the molecule is CC(C)(C)Cc1cccc2ncccc12. The van der Waals surface area contributed by atoms with Crippen molar-refractivity contribution in [2.24, 2.45) is 5.41 Å². The summed E-state index contributed by atoms with van der Waals surface area (Å²) in [6.45, 7) is 6.80. The molecule has 78 valence electrons. The molecule has 0 unspecified atom stereocenters. The van der Waals surface area contributed by atoms with E-state index in [-0.39, 0.29) is 0 Å². The van der Waals surface area contributed by atoms with Crippen LogP contribution in [0.1, 0.15) is 26.3 Å². The van der Waals surface area contributed by atoms with Crippen LogP contribution in [-0.4, -0.2) is 4.98 Å². The van der Waals surface area contributed by atoms with E-state index in [1.165, 1.54) is 10.9 Å². The van der Waals surface area contributed by atoms with Crippen molar-refractivity contribution in [1.29, 1.82) is 0 Å². The lowest BCUT2D eigenvalue weighted by Crippen LogP contribution is -2.09. The molecule has 0 bridgehead atoms. The van der Waals surface area contributed by atoms with Crippen molar-refractivity contribution in [2.45, 2.75) is 27.2 Å². The monoisotopic (exact) mass is 199 g/mol. The minimum Gasteiger partial charge on any atom is -0.256 e. The molecule has 2 aromatic rings. The van der Waals surface area contributed by atoms with Crippen molar-refractivity contribution in [2.75, 3.05) is 0 Å². The van der Waals surface area contributed by atoms with Crippen LogP contribution in [0.2, 0.25) is 0 Å². The summed E-state index contributed by atoms with van der Waals surface area (Å²) >= 11 is 0. The number of nitrogens with zero attached hydrogens (tertiary/aromatic N) is 1. The fourth-order valence-electron chi connectivity index (χ4n) is 1.89. The molecule has 0 aliphatic carbocycles. The predicted octanol–water partition coefficient (Wildman–Crippen LogP) is 3.82. The van der Waals surface area contributed by atoms with Crippen LogP contribution in [0.15, 0.2) is 36.5 Å². The number of rotatable bonds is 1. The number of aromatic nitrogens is 1. The topological polar surface area (TPSA) is 12.9 Å². The first kappa shape index (κ1) is 10.2. The van der Waals surface area contributed by atoms with Gasteiger partial charge in [-0.3, -0.25) is 4.98 Å². The van der Waals surface area contributed by atoms with Gasteiger partial charge in [-0.05, 0) is 29.5 Å². The van der Waals surface area contributed by atoms with E-state index in [0.29, 0.717) is 5.41 Å². The quantitative estimate of drug-likeness (QED) is 0.680. The number of hydrogen-bond acceptors (Lipinski definition) is 1. The molecule has 2 rings (SSSR count). The van der Waals surface area contributed by atoms with Gasteiger partial charge in [0.05, 0.1) is 5.52 Å². The second-order valence-electron chi connectivity index (χ2n) is 5.22. The maximum Gasteiger partial charge on any atom is 0.0704 e. The molecule has 0 amide bonds. The van der Waals surface area contributed by atoms with Gasteiger partial charge in [-0.15, -0.1) is 0 Å². The fourth-order valence-corrected chi connectivity index (χ4v) is 1.89. The first-order valence-electron chi connectivity index (χ1n) is 5.39. The molecular weight excluding hydrogens is 182 g/mol.